The van der Waals surface area contributed by atoms with E-state index in [1.807, 2.05) is 22.9 Å². The fraction of sp³-hybridized carbons (Fsp3) is 0. The molecule has 4 nitrogen and oxygen atoms in total. The molecule has 0 aromatic carbocycles. The molecule has 0 aromatic rings. The van der Waals surface area contributed by atoms with Gasteiger partial charge in [-0.1, -0.05) is 0 Å². The maximum Gasteiger partial charge on any atom is 0.114 e. The van der Waals surface area contributed by atoms with Crippen LogP contribution in [-0.4, -0.2) is 5.55 Å². The number of hydrogen-bond donors (Lipinski definition) is 3. The van der Waals surface area contributed by atoms with Crippen LogP contribution in [0.2, 0.25) is 0 Å². The van der Waals surface area contributed by atoms with Crippen LogP contribution in [0.1, 0.15) is 0 Å². The number of rotatable bonds is 2. The second kappa shape index (κ2) is 4.94. The van der Waals surface area contributed by atoms with Crippen molar-refractivity contribution in [2.45, 2.75) is 0 Å². The first-order valence-electron chi connectivity index (χ1n) is 1.34. The predicted octanol–water partition coefficient (Wildman–Crippen LogP) is -0.366. The van der Waals surface area contributed by atoms with Gasteiger partial charge in [0.05, 0.1) is 0 Å². The van der Waals surface area contributed by atoms with E-state index in [2.05, 4.69) is 13.7 Å². The van der Waals surface area contributed by atoms with Gasteiger partial charge in [-0.3, -0.25) is 9.98 Å². The summed E-state index contributed by atoms with van der Waals surface area (Å²) in [7, 11) is -0.513. The molecule has 0 aromatic heterocycles. The zero-order valence-corrected chi connectivity index (χ0v) is 6.40. The van der Waals surface area contributed by atoms with Gasteiger partial charge in [0.15, 0.2) is 0 Å². The van der Waals surface area contributed by atoms with Crippen LogP contribution >= 0.6 is 33.7 Å². The lowest BCUT2D eigenvalue weighted by Crippen LogP contribution is -2.03. The molecule has 5 N–H and O–H groups in total. The van der Waals surface area contributed by atoms with E-state index in [9.17, 15) is 0 Å². The first-order chi connectivity index (χ1) is 3.31. The fourth-order valence-corrected chi connectivity index (χ4v) is 0.546. The van der Waals surface area contributed by atoms with E-state index >= 15 is 0 Å². The third kappa shape index (κ3) is 4.65. The van der Waals surface area contributed by atoms with E-state index < -0.39 is 10.9 Å². The average Bonchev–Trinajstić information content (AvgIpc) is 1.68. The Balaban J connectivity index is 3.29. The molecular weight excluding hydrogens is 229 g/mol. The molecule has 0 radical (unpaired) electrons. The molecule has 0 amide bonds. The first-order valence-corrected chi connectivity index (χ1v) is 3.77. The Morgan fingerprint density at radius 3 is 2.57 bits per heavy atom. The Kier molecular flexibility index (Phi) is 5.49. The molecule has 0 aliphatic rings. The van der Waals surface area contributed by atoms with Crippen molar-refractivity contribution < 1.29 is 4.84 Å². The van der Waals surface area contributed by atoms with Gasteiger partial charge in [0, 0.05) is 22.9 Å². The summed E-state index contributed by atoms with van der Waals surface area (Å²) in [5.74, 6) is 4.63. The molecule has 0 aliphatic carbocycles. The SMILES string of the molecule is NO/C=S(\N)NI. The van der Waals surface area contributed by atoms with Gasteiger partial charge >= 0.3 is 0 Å². The lowest BCUT2D eigenvalue weighted by molar-refractivity contribution is 0.345. The molecule has 6 heteroatoms. The van der Waals surface area contributed by atoms with Crippen LogP contribution in [0.4, 0.5) is 0 Å². The minimum absolute atomic E-state index is 0.513. The zero-order valence-electron chi connectivity index (χ0n) is 3.43. The lowest BCUT2D eigenvalue weighted by Gasteiger charge is -1.91. The molecule has 0 fully saturated rings. The van der Waals surface area contributed by atoms with Gasteiger partial charge in [-0.25, -0.2) is 5.90 Å². The topological polar surface area (TPSA) is 73.3 Å². The van der Waals surface area contributed by atoms with Crippen LogP contribution < -0.4 is 14.0 Å². The van der Waals surface area contributed by atoms with Crippen LogP contribution in [0.5, 0.6) is 0 Å². The van der Waals surface area contributed by atoms with Crippen molar-refractivity contribution >= 4 is 39.3 Å². The maximum absolute atomic E-state index is 5.23. The summed E-state index contributed by atoms with van der Waals surface area (Å²) in [6, 6.07) is 0. The summed E-state index contributed by atoms with van der Waals surface area (Å²) < 4.78 is 2.68. The van der Waals surface area contributed by atoms with Gasteiger partial charge in [-0.15, -0.1) is 0 Å². The van der Waals surface area contributed by atoms with Crippen molar-refractivity contribution in [3.05, 3.63) is 0 Å². The molecule has 1 unspecified atom stereocenters. The second-order valence-electron chi connectivity index (χ2n) is 0.681. The van der Waals surface area contributed by atoms with Crippen LogP contribution in [0.3, 0.4) is 0 Å². The number of halogens is 1. The third-order valence-corrected chi connectivity index (χ3v) is 2.27. The van der Waals surface area contributed by atoms with Gasteiger partial charge < -0.3 is 0 Å². The van der Waals surface area contributed by atoms with Gasteiger partial charge in [-0.05, 0) is 10.9 Å². The molecule has 7 heavy (non-hydrogen) atoms. The molecule has 0 saturated heterocycles. The minimum atomic E-state index is -0.513. The number of nitrogens with two attached hydrogens (primary N) is 2. The smallest absolute Gasteiger partial charge is 0.114 e. The summed E-state index contributed by atoms with van der Waals surface area (Å²) in [5.41, 5.74) is 1.31. The molecule has 0 aliphatic heterocycles. The summed E-state index contributed by atoms with van der Waals surface area (Å²) in [5, 5.41) is 5.23. The van der Waals surface area contributed by atoms with Crippen LogP contribution in [0.25, 0.3) is 0 Å². The monoisotopic (exact) mass is 235 g/mol. The van der Waals surface area contributed by atoms with Crippen molar-refractivity contribution in [3.8, 4) is 0 Å². The molecule has 1 atom stereocenters. The van der Waals surface area contributed by atoms with Crippen LogP contribution in [0, 0.1) is 0 Å². The minimum Gasteiger partial charge on any atom is -0.269 e. The van der Waals surface area contributed by atoms with Gasteiger partial charge in [-0.2, -0.15) is 2.94 Å². The summed E-state index contributed by atoms with van der Waals surface area (Å²) in [6.07, 6.45) is 0. The normalized spacial score (nSPS) is 14.7. The Labute approximate surface area is 58.2 Å². The number of nitrogens with one attached hydrogen (secondary N) is 1. The van der Waals surface area contributed by atoms with Crippen molar-refractivity contribution in [1.82, 2.24) is 2.94 Å². The van der Waals surface area contributed by atoms with E-state index in [4.69, 9.17) is 5.14 Å². The van der Waals surface area contributed by atoms with Crippen molar-refractivity contribution in [1.29, 1.82) is 0 Å². The molecule has 0 rings (SSSR count). The quantitative estimate of drug-likeness (QED) is 0.264. The maximum atomic E-state index is 5.23. The lowest BCUT2D eigenvalue weighted by atomic mass is 11.7. The van der Waals surface area contributed by atoms with E-state index in [1.165, 1.54) is 5.55 Å². The highest BCUT2D eigenvalue weighted by Gasteiger charge is 1.74. The fourth-order valence-electron chi connectivity index (χ4n) is 0.0780. The van der Waals surface area contributed by atoms with E-state index in [0.29, 0.717) is 0 Å². The highest BCUT2D eigenvalue weighted by molar-refractivity contribution is 14.1. The Hall–Kier alpha value is 0.790. The van der Waals surface area contributed by atoms with Gasteiger partial charge in [0.25, 0.3) is 0 Å². The average molecular weight is 235 g/mol. The molecule has 0 bridgehead atoms. The first kappa shape index (κ1) is 7.79. The molecule has 0 heterocycles. The largest absolute Gasteiger partial charge is 0.269 e. The zero-order chi connectivity index (χ0) is 5.70. The van der Waals surface area contributed by atoms with Gasteiger partial charge in [0.1, 0.15) is 5.55 Å². The van der Waals surface area contributed by atoms with Crippen LogP contribution in [0.15, 0.2) is 0 Å². The van der Waals surface area contributed by atoms with Crippen molar-refractivity contribution in [2.75, 3.05) is 0 Å². The van der Waals surface area contributed by atoms with Gasteiger partial charge in [0.2, 0.25) is 0 Å². The molecule has 0 spiro atoms. The van der Waals surface area contributed by atoms with E-state index in [-0.39, 0.29) is 0 Å². The van der Waals surface area contributed by atoms with E-state index in [0.717, 1.165) is 0 Å². The second-order valence-corrected chi connectivity index (χ2v) is 3.09. The summed E-state index contributed by atoms with van der Waals surface area (Å²) in [4.78, 5) is 4.09. The van der Waals surface area contributed by atoms with Crippen LogP contribution in [-0.2, 0) is 4.84 Å². The van der Waals surface area contributed by atoms with Crippen molar-refractivity contribution in [3.63, 3.8) is 0 Å². The Bertz CT molecular complexity index is 75.3. The molecular formula is CH6IN3OS. The third-order valence-electron chi connectivity index (χ3n) is 0.248. The highest BCUT2D eigenvalue weighted by atomic mass is 127. The molecule has 0 saturated carbocycles. The van der Waals surface area contributed by atoms with E-state index in [1.54, 1.807) is 0 Å². The summed E-state index contributed by atoms with van der Waals surface area (Å²) in [6.45, 7) is 0. The van der Waals surface area contributed by atoms with Crippen molar-refractivity contribution in [2.24, 2.45) is 11.0 Å². The highest BCUT2D eigenvalue weighted by Crippen LogP contribution is 1.91. The predicted molar refractivity (Wildman–Crippen MR) is 40.3 cm³/mol. The standard InChI is InChI=1S/CH6IN3OS/c2-5-7(4)1-6-3/h1,5H,3-4H2. The Morgan fingerprint density at radius 2 is 2.43 bits per heavy atom. The molecule has 44 valence electrons. The Morgan fingerprint density at radius 1 is 1.86 bits per heavy atom. The summed E-state index contributed by atoms with van der Waals surface area (Å²) >= 11 is 1.91. The number of hydrogen-bond acceptors (Lipinski definition) is 4.